The Morgan fingerprint density at radius 2 is 2.21 bits per heavy atom. The normalized spacial score (nSPS) is 10.2. The van der Waals surface area contributed by atoms with E-state index in [1.165, 1.54) is 0 Å². The second-order valence-corrected chi connectivity index (χ2v) is 4.63. The molecule has 0 aliphatic rings. The molecule has 7 heteroatoms. The molecule has 1 aromatic heterocycles. The van der Waals surface area contributed by atoms with Crippen LogP contribution in [0.2, 0.25) is 10.0 Å². The summed E-state index contributed by atoms with van der Waals surface area (Å²) in [6, 6.07) is 4.54. The van der Waals surface area contributed by atoms with Crippen molar-refractivity contribution in [3.63, 3.8) is 0 Å². The van der Waals surface area contributed by atoms with Crippen LogP contribution in [0, 0.1) is 0 Å². The molecule has 19 heavy (non-hydrogen) atoms. The lowest BCUT2D eigenvalue weighted by Crippen LogP contribution is -2.30. The van der Waals surface area contributed by atoms with Gasteiger partial charge in [0.2, 0.25) is 0 Å². The van der Waals surface area contributed by atoms with Gasteiger partial charge in [0, 0.05) is 30.4 Å². The van der Waals surface area contributed by atoms with Gasteiger partial charge in [-0.2, -0.15) is 0 Å². The summed E-state index contributed by atoms with van der Waals surface area (Å²) >= 11 is 11.8. The Hall–Kier alpha value is -1.72. The predicted molar refractivity (Wildman–Crippen MR) is 75.8 cm³/mol. The minimum atomic E-state index is -0.337. The van der Waals surface area contributed by atoms with Gasteiger partial charge in [-0.05, 0) is 18.2 Å². The molecule has 0 spiro atoms. The Balaban J connectivity index is 1.82. The van der Waals surface area contributed by atoms with Crippen LogP contribution in [0.15, 0.2) is 30.6 Å². The van der Waals surface area contributed by atoms with Crippen molar-refractivity contribution in [3.05, 3.63) is 46.5 Å². The highest BCUT2D eigenvalue weighted by atomic mass is 35.5. The maximum atomic E-state index is 11.6. The monoisotopic (exact) mass is 298 g/mol. The first-order valence-corrected chi connectivity index (χ1v) is 6.39. The number of nitrogens with zero attached hydrogens (tertiary/aromatic N) is 1. The van der Waals surface area contributed by atoms with Gasteiger partial charge < -0.3 is 15.6 Å². The number of hydrogen-bond donors (Lipinski definition) is 3. The molecule has 0 bridgehead atoms. The van der Waals surface area contributed by atoms with Crippen LogP contribution in [-0.4, -0.2) is 22.5 Å². The van der Waals surface area contributed by atoms with Crippen LogP contribution < -0.4 is 10.6 Å². The van der Waals surface area contributed by atoms with E-state index in [-0.39, 0.29) is 6.03 Å². The van der Waals surface area contributed by atoms with Crippen LogP contribution in [-0.2, 0) is 6.42 Å². The van der Waals surface area contributed by atoms with Crippen molar-refractivity contribution in [2.75, 3.05) is 11.9 Å². The number of carbonyl (C=O) groups excluding carboxylic acids is 1. The lowest BCUT2D eigenvalue weighted by atomic mass is 10.3. The fraction of sp³-hybridized carbons (Fsp3) is 0.167. The molecule has 0 saturated heterocycles. The standard InChI is InChI=1S/C12H12Cl2N4O/c13-8-1-2-9(14)10(7-8)18-12(19)17-4-3-11-15-5-6-16-11/h1-2,5-7H,3-4H2,(H,15,16)(H2,17,18,19). The number of H-pyrrole nitrogens is 1. The minimum Gasteiger partial charge on any atom is -0.349 e. The molecule has 0 saturated carbocycles. The van der Waals surface area contributed by atoms with E-state index in [1.54, 1.807) is 30.6 Å². The summed E-state index contributed by atoms with van der Waals surface area (Å²) in [6.45, 7) is 0.470. The van der Waals surface area contributed by atoms with Gasteiger partial charge in [0.25, 0.3) is 0 Å². The number of urea groups is 1. The summed E-state index contributed by atoms with van der Waals surface area (Å²) in [5.74, 6) is 0.820. The number of aromatic nitrogens is 2. The molecule has 0 aliphatic heterocycles. The third kappa shape index (κ3) is 4.15. The first-order valence-electron chi connectivity index (χ1n) is 5.63. The van der Waals surface area contributed by atoms with Crippen molar-refractivity contribution >= 4 is 34.9 Å². The van der Waals surface area contributed by atoms with Crippen molar-refractivity contribution in [1.29, 1.82) is 0 Å². The zero-order valence-electron chi connectivity index (χ0n) is 9.91. The Labute approximate surface area is 120 Å². The predicted octanol–water partition coefficient (Wildman–Crippen LogP) is 3.08. The quantitative estimate of drug-likeness (QED) is 0.812. The summed E-state index contributed by atoms with van der Waals surface area (Å²) < 4.78 is 0. The van der Waals surface area contributed by atoms with Crippen molar-refractivity contribution in [3.8, 4) is 0 Å². The fourth-order valence-electron chi connectivity index (χ4n) is 1.49. The van der Waals surface area contributed by atoms with Crippen LogP contribution >= 0.6 is 23.2 Å². The number of nitrogens with one attached hydrogen (secondary N) is 3. The van der Waals surface area contributed by atoms with Crippen molar-refractivity contribution in [2.45, 2.75) is 6.42 Å². The second-order valence-electron chi connectivity index (χ2n) is 3.79. The molecule has 2 rings (SSSR count). The molecule has 2 aromatic rings. The topological polar surface area (TPSA) is 69.8 Å². The van der Waals surface area contributed by atoms with Gasteiger partial charge in [-0.1, -0.05) is 23.2 Å². The van der Waals surface area contributed by atoms with E-state index in [0.717, 1.165) is 5.82 Å². The molecule has 3 N–H and O–H groups in total. The highest BCUT2D eigenvalue weighted by molar-refractivity contribution is 6.35. The van der Waals surface area contributed by atoms with Gasteiger partial charge in [-0.15, -0.1) is 0 Å². The summed E-state index contributed by atoms with van der Waals surface area (Å²) in [7, 11) is 0. The average Bonchev–Trinajstić information content (AvgIpc) is 2.87. The van der Waals surface area contributed by atoms with Crippen LogP contribution in [0.1, 0.15) is 5.82 Å². The van der Waals surface area contributed by atoms with Crippen LogP contribution in [0.4, 0.5) is 10.5 Å². The molecule has 100 valence electrons. The summed E-state index contributed by atoms with van der Waals surface area (Å²) in [5.41, 5.74) is 0.477. The fourth-order valence-corrected chi connectivity index (χ4v) is 1.83. The molecule has 2 amide bonds. The van der Waals surface area contributed by atoms with Crippen LogP contribution in [0.5, 0.6) is 0 Å². The van der Waals surface area contributed by atoms with Crippen LogP contribution in [0.25, 0.3) is 0 Å². The Morgan fingerprint density at radius 3 is 2.95 bits per heavy atom. The van der Waals surface area contributed by atoms with E-state index in [4.69, 9.17) is 23.2 Å². The maximum Gasteiger partial charge on any atom is 0.319 e. The SMILES string of the molecule is O=C(NCCc1ncc[nH]1)Nc1cc(Cl)ccc1Cl. The second kappa shape index (κ2) is 6.45. The number of anilines is 1. The molecule has 0 aliphatic carbocycles. The molecule has 0 atom stereocenters. The zero-order valence-corrected chi connectivity index (χ0v) is 11.4. The number of benzene rings is 1. The van der Waals surface area contributed by atoms with Gasteiger partial charge >= 0.3 is 6.03 Å². The molecule has 1 heterocycles. The molecule has 1 aromatic carbocycles. The molecule has 5 nitrogen and oxygen atoms in total. The maximum absolute atomic E-state index is 11.6. The van der Waals surface area contributed by atoms with E-state index in [2.05, 4.69) is 20.6 Å². The van der Waals surface area contributed by atoms with Gasteiger partial charge in [-0.3, -0.25) is 0 Å². The number of halogens is 2. The highest BCUT2D eigenvalue weighted by Crippen LogP contribution is 2.25. The number of rotatable bonds is 4. The zero-order chi connectivity index (χ0) is 13.7. The van der Waals surface area contributed by atoms with E-state index in [1.807, 2.05) is 0 Å². The van der Waals surface area contributed by atoms with Crippen LogP contribution in [0.3, 0.4) is 0 Å². The number of aromatic amines is 1. The van der Waals surface area contributed by atoms with E-state index in [0.29, 0.717) is 28.7 Å². The molecular formula is C12H12Cl2N4O. The van der Waals surface area contributed by atoms with E-state index >= 15 is 0 Å². The van der Waals surface area contributed by atoms with Gasteiger partial charge in [0.15, 0.2) is 0 Å². The van der Waals surface area contributed by atoms with Crippen molar-refractivity contribution in [1.82, 2.24) is 15.3 Å². The first kappa shape index (κ1) is 13.7. The lowest BCUT2D eigenvalue weighted by molar-refractivity contribution is 0.252. The van der Waals surface area contributed by atoms with Gasteiger partial charge in [0.05, 0.1) is 10.7 Å². The van der Waals surface area contributed by atoms with Gasteiger partial charge in [-0.25, -0.2) is 9.78 Å². The highest BCUT2D eigenvalue weighted by Gasteiger charge is 2.06. The Kier molecular flexibility index (Phi) is 4.65. The molecule has 0 radical (unpaired) electrons. The van der Waals surface area contributed by atoms with Gasteiger partial charge in [0.1, 0.15) is 5.82 Å². The van der Waals surface area contributed by atoms with E-state index < -0.39 is 0 Å². The summed E-state index contributed by atoms with van der Waals surface area (Å²) in [5, 5.41) is 6.28. The number of hydrogen-bond acceptors (Lipinski definition) is 2. The largest absolute Gasteiger partial charge is 0.349 e. The number of amides is 2. The minimum absolute atomic E-state index is 0.337. The smallest absolute Gasteiger partial charge is 0.319 e. The average molecular weight is 299 g/mol. The molecule has 0 fully saturated rings. The molecular weight excluding hydrogens is 287 g/mol. The summed E-state index contributed by atoms with van der Waals surface area (Å²) in [4.78, 5) is 18.7. The number of imidazole rings is 1. The van der Waals surface area contributed by atoms with E-state index in [9.17, 15) is 4.79 Å². The van der Waals surface area contributed by atoms with Crippen molar-refractivity contribution in [2.24, 2.45) is 0 Å². The number of carbonyl (C=O) groups is 1. The summed E-state index contributed by atoms with van der Waals surface area (Å²) in [6.07, 6.45) is 4.03. The van der Waals surface area contributed by atoms with Crippen molar-refractivity contribution < 1.29 is 4.79 Å². The third-order valence-electron chi connectivity index (χ3n) is 2.38. The molecule has 0 unspecified atom stereocenters. The third-order valence-corrected chi connectivity index (χ3v) is 2.94. The first-order chi connectivity index (χ1) is 9.15. The Morgan fingerprint density at radius 1 is 1.37 bits per heavy atom. The Bertz CT molecular complexity index is 557. The lowest BCUT2D eigenvalue weighted by Gasteiger charge is -2.08.